The molecule has 1 atom stereocenters. The molecule has 21 heavy (non-hydrogen) atoms. The molecular formula is C13H15ClN2O5. The summed E-state index contributed by atoms with van der Waals surface area (Å²) >= 11 is 5.66. The number of benzene rings is 1. The van der Waals surface area contributed by atoms with E-state index in [2.05, 4.69) is 5.32 Å². The van der Waals surface area contributed by atoms with Crippen LogP contribution in [0.4, 0.5) is 5.69 Å². The van der Waals surface area contributed by atoms with E-state index in [1.807, 2.05) is 0 Å². The van der Waals surface area contributed by atoms with Crippen molar-refractivity contribution in [3.05, 3.63) is 38.9 Å². The van der Waals surface area contributed by atoms with Crippen LogP contribution in [0.25, 0.3) is 0 Å². The highest BCUT2D eigenvalue weighted by Crippen LogP contribution is 2.25. The Hall–Kier alpha value is -2.15. The van der Waals surface area contributed by atoms with Crippen LogP contribution in [0, 0.1) is 22.0 Å². The Morgan fingerprint density at radius 1 is 1.43 bits per heavy atom. The smallest absolute Gasteiger partial charge is 0.308 e. The lowest BCUT2D eigenvalue weighted by atomic mass is 9.96. The van der Waals surface area contributed by atoms with Gasteiger partial charge in [0, 0.05) is 18.2 Å². The minimum atomic E-state index is -1.01. The zero-order valence-electron chi connectivity index (χ0n) is 11.5. The van der Waals surface area contributed by atoms with E-state index in [0.29, 0.717) is 0 Å². The first kappa shape index (κ1) is 16.9. The maximum atomic E-state index is 11.9. The van der Waals surface area contributed by atoms with Crippen LogP contribution in [0.1, 0.15) is 24.2 Å². The van der Waals surface area contributed by atoms with Crippen LogP contribution < -0.4 is 5.32 Å². The monoisotopic (exact) mass is 314 g/mol. The molecule has 0 spiro atoms. The highest BCUT2D eigenvalue weighted by molar-refractivity contribution is 6.32. The van der Waals surface area contributed by atoms with Gasteiger partial charge in [0.2, 0.25) is 0 Å². The number of nitro benzene ring substituents is 1. The highest BCUT2D eigenvalue weighted by atomic mass is 35.5. The summed E-state index contributed by atoms with van der Waals surface area (Å²) in [5, 5.41) is 22.2. The predicted octanol–water partition coefficient (Wildman–Crippen LogP) is 2.33. The van der Waals surface area contributed by atoms with E-state index < -0.39 is 22.7 Å². The van der Waals surface area contributed by atoms with Gasteiger partial charge in [0.15, 0.2) is 0 Å². The molecular weight excluding hydrogens is 300 g/mol. The topological polar surface area (TPSA) is 110 Å². The van der Waals surface area contributed by atoms with E-state index in [1.165, 1.54) is 12.1 Å². The second kappa shape index (κ2) is 7.03. The summed E-state index contributed by atoms with van der Waals surface area (Å²) in [6.45, 7) is 3.42. The zero-order valence-corrected chi connectivity index (χ0v) is 12.3. The van der Waals surface area contributed by atoms with Crippen LogP contribution >= 0.6 is 11.6 Å². The summed E-state index contributed by atoms with van der Waals surface area (Å²) in [7, 11) is 0. The van der Waals surface area contributed by atoms with Crippen molar-refractivity contribution >= 4 is 29.2 Å². The van der Waals surface area contributed by atoms with Crippen molar-refractivity contribution in [2.75, 3.05) is 6.54 Å². The fourth-order valence-corrected chi connectivity index (χ4v) is 1.89. The van der Waals surface area contributed by atoms with Gasteiger partial charge in [0.05, 0.1) is 10.8 Å². The Balaban J connectivity index is 2.83. The van der Waals surface area contributed by atoms with E-state index in [9.17, 15) is 19.7 Å². The third-order valence-electron chi connectivity index (χ3n) is 3.01. The van der Waals surface area contributed by atoms with Crippen molar-refractivity contribution in [1.29, 1.82) is 0 Å². The van der Waals surface area contributed by atoms with Crippen LogP contribution in [-0.2, 0) is 4.79 Å². The number of hydrogen-bond donors (Lipinski definition) is 2. The number of hydrogen-bond acceptors (Lipinski definition) is 4. The molecule has 1 rings (SSSR count). The molecule has 7 nitrogen and oxygen atoms in total. The average Bonchev–Trinajstić information content (AvgIpc) is 2.37. The van der Waals surface area contributed by atoms with Crippen LogP contribution in [0.5, 0.6) is 0 Å². The van der Waals surface area contributed by atoms with Crippen LogP contribution in [0.2, 0.25) is 5.02 Å². The van der Waals surface area contributed by atoms with Gasteiger partial charge in [-0.2, -0.15) is 0 Å². The second-order valence-electron chi connectivity index (χ2n) is 4.82. The molecule has 0 saturated heterocycles. The van der Waals surface area contributed by atoms with Crippen molar-refractivity contribution in [1.82, 2.24) is 5.32 Å². The lowest BCUT2D eigenvalue weighted by Crippen LogP contribution is -2.35. The first-order valence-corrected chi connectivity index (χ1v) is 6.56. The quantitative estimate of drug-likeness (QED) is 0.618. The van der Waals surface area contributed by atoms with Gasteiger partial charge in [-0.1, -0.05) is 25.4 Å². The molecule has 0 fully saturated rings. The van der Waals surface area contributed by atoms with Gasteiger partial charge >= 0.3 is 5.97 Å². The number of carbonyl (C=O) groups is 2. The second-order valence-corrected chi connectivity index (χ2v) is 5.23. The average molecular weight is 315 g/mol. The van der Waals surface area contributed by atoms with Gasteiger partial charge in [0.1, 0.15) is 5.02 Å². The van der Waals surface area contributed by atoms with E-state index >= 15 is 0 Å². The van der Waals surface area contributed by atoms with Crippen molar-refractivity contribution in [3.8, 4) is 0 Å². The third-order valence-corrected chi connectivity index (χ3v) is 3.33. The lowest BCUT2D eigenvalue weighted by molar-refractivity contribution is -0.384. The summed E-state index contributed by atoms with van der Waals surface area (Å²) in [6.07, 6.45) is 0. The first-order valence-electron chi connectivity index (χ1n) is 6.19. The summed E-state index contributed by atoms with van der Waals surface area (Å²) in [5.74, 6) is -2.47. The fraction of sp³-hybridized carbons (Fsp3) is 0.385. The predicted molar refractivity (Wildman–Crippen MR) is 76.4 cm³/mol. The first-order chi connectivity index (χ1) is 9.73. The molecule has 0 saturated carbocycles. The number of aliphatic carboxylic acids is 1. The largest absolute Gasteiger partial charge is 0.481 e. The molecule has 2 N–H and O–H groups in total. The minimum absolute atomic E-state index is 0.0533. The Kier molecular flexibility index (Phi) is 5.66. The van der Waals surface area contributed by atoms with Crippen LogP contribution in [0.15, 0.2) is 18.2 Å². The molecule has 0 aliphatic carbocycles. The van der Waals surface area contributed by atoms with Gasteiger partial charge in [-0.15, -0.1) is 0 Å². The molecule has 0 aliphatic heterocycles. The molecule has 0 radical (unpaired) electrons. The molecule has 1 unspecified atom stereocenters. The number of amides is 1. The Morgan fingerprint density at radius 2 is 2.05 bits per heavy atom. The minimum Gasteiger partial charge on any atom is -0.481 e. The van der Waals surface area contributed by atoms with Gasteiger partial charge in [-0.05, 0) is 18.1 Å². The fourth-order valence-electron chi connectivity index (χ4n) is 1.71. The molecule has 0 heterocycles. The maximum absolute atomic E-state index is 11.9. The van der Waals surface area contributed by atoms with Gasteiger partial charge in [-0.25, -0.2) is 0 Å². The molecule has 1 aromatic carbocycles. The Bertz CT molecular complexity index is 574. The number of nitro groups is 1. The summed E-state index contributed by atoms with van der Waals surface area (Å²) in [4.78, 5) is 33.0. The highest BCUT2D eigenvalue weighted by Gasteiger charge is 2.23. The molecule has 1 aromatic rings. The van der Waals surface area contributed by atoms with E-state index in [1.54, 1.807) is 13.8 Å². The van der Waals surface area contributed by atoms with Crippen molar-refractivity contribution in [3.63, 3.8) is 0 Å². The van der Waals surface area contributed by atoms with Gasteiger partial charge < -0.3 is 10.4 Å². The lowest BCUT2D eigenvalue weighted by Gasteiger charge is -2.16. The van der Waals surface area contributed by atoms with Gasteiger partial charge in [-0.3, -0.25) is 19.7 Å². The number of carboxylic acid groups (broad SMARTS) is 1. The normalized spacial score (nSPS) is 12.0. The molecule has 114 valence electrons. The van der Waals surface area contributed by atoms with Gasteiger partial charge in [0.25, 0.3) is 11.6 Å². The third kappa shape index (κ3) is 4.42. The Labute approximate surface area is 126 Å². The SMILES string of the molecule is CC(C)C(CNC(=O)c1ccc(Cl)c([N+](=O)[O-])c1)C(=O)O. The van der Waals surface area contributed by atoms with E-state index in [0.717, 1.165) is 6.07 Å². The van der Waals surface area contributed by atoms with Crippen molar-refractivity contribution in [2.24, 2.45) is 11.8 Å². The Morgan fingerprint density at radius 3 is 2.52 bits per heavy atom. The molecule has 0 aromatic heterocycles. The number of halogens is 1. The molecule has 1 amide bonds. The van der Waals surface area contributed by atoms with E-state index in [-0.39, 0.29) is 28.7 Å². The van der Waals surface area contributed by atoms with Crippen LogP contribution in [0.3, 0.4) is 0 Å². The zero-order chi connectivity index (χ0) is 16.2. The maximum Gasteiger partial charge on any atom is 0.308 e. The summed E-state index contributed by atoms with van der Waals surface area (Å²) in [6, 6.07) is 3.66. The van der Waals surface area contributed by atoms with Crippen molar-refractivity contribution in [2.45, 2.75) is 13.8 Å². The van der Waals surface area contributed by atoms with Crippen molar-refractivity contribution < 1.29 is 19.6 Å². The number of rotatable bonds is 6. The van der Waals surface area contributed by atoms with E-state index in [4.69, 9.17) is 16.7 Å². The number of carboxylic acids is 1. The number of nitrogens with zero attached hydrogens (tertiary/aromatic N) is 1. The molecule has 0 bridgehead atoms. The molecule has 0 aliphatic rings. The summed E-state index contributed by atoms with van der Waals surface area (Å²) in [5.41, 5.74) is -0.318. The van der Waals surface area contributed by atoms with Crippen LogP contribution in [-0.4, -0.2) is 28.5 Å². The summed E-state index contributed by atoms with van der Waals surface area (Å²) < 4.78 is 0. The molecule has 8 heteroatoms. The standard InChI is InChI=1S/C13H15ClN2O5/c1-7(2)9(13(18)19)6-15-12(17)8-3-4-10(14)11(5-8)16(20)21/h3-5,7,9H,6H2,1-2H3,(H,15,17)(H,18,19). The number of carbonyl (C=O) groups excluding carboxylic acids is 1. The number of nitrogens with one attached hydrogen (secondary N) is 1.